The van der Waals surface area contributed by atoms with Crippen LogP contribution in [0.15, 0.2) is 103 Å². The van der Waals surface area contributed by atoms with E-state index in [1.807, 2.05) is 0 Å². The summed E-state index contributed by atoms with van der Waals surface area (Å²) < 4.78 is 82.3. The number of ether oxygens (including phenoxy) is 6. The first-order chi connectivity index (χ1) is 32.1. The number of nitrogens with zero attached hydrogens (tertiary/aromatic N) is 3. The second-order valence-corrected chi connectivity index (χ2v) is 14.5. The normalized spacial score (nSPS) is 11.6. The molecule has 68 heavy (non-hydrogen) atoms. The van der Waals surface area contributed by atoms with Gasteiger partial charge < -0.3 is 38.6 Å². The second kappa shape index (κ2) is 24.3. The molecule has 2 aromatic heterocycles. The van der Waals surface area contributed by atoms with Crippen LogP contribution in [0.5, 0.6) is 34.6 Å². The van der Waals surface area contributed by atoms with Crippen LogP contribution in [0, 0.1) is 15.9 Å². The summed E-state index contributed by atoms with van der Waals surface area (Å²) >= 11 is 17.4. The van der Waals surface area contributed by atoms with Crippen LogP contribution in [-0.2, 0) is 30.0 Å². The molecule has 2 heterocycles. The molecule has 358 valence electrons. The van der Waals surface area contributed by atoms with Crippen LogP contribution in [0.2, 0.25) is 15.1 Å². The standard InChI is InChI=1S/C19H15ClF3NO7.C14H11ClFNO4.C11H8ClNO3/c1-3-29-17(25)10(2)30-18(26)13-9-12(5-6-15(13)24(27)28)31-16-7-4-11(8-14(16)20)19(21,22)23;1-8(14(18)19)20-10-2-4-11(5-3-10)21-13-12(16)6-9(15)7-17-13;12-8-3-4-9(16-6-10(14)15)11-7(8)2-1-5-13-11/h4-10H,3H2,1-2H3;2-8H,1H3,(H,18,19);1-5H,6H2,(H,14,15)/t;8-;/m.1./s1. The van der Waals surface area contributed by atoms with Gasteiger partial charge in [-0.15, -0.1) is 0 Å². The van der Waals surface area contributed by atoms with Gasteiger partial charge in [-0.2, -0.15) is 13.2 Å². The lowest BCUT2D eigenvalue weighted by molar-refractivity contribution is -0.385. The van der Waals surface area contributed by atoms with Crippen LogP contribution < -0.4 is 18.9 Å². The number of esters is 2. The van der Waals surface area contributed by atoms with Crippen LogP contribution in [-0.4, -0.2) is 74.4 Å². The SMILES string of the molecule is CCOC(=O)C(C)OC(=O)c1cc(Oc2ccc(C(F)(F)F)cc2Cl)ccc1[N+](=O)[O-].C[C@@H](Oc1ccc(Oc2ncc(Cl)cc2F)cc1)C(=O)O.O=C(O)COc1ccc(Cl)c2cccnc12. The van der Waals surface area contributed by atoms with Gasteiger partial charge >= 0.3 is 30.1 Å². The van der Waals surface area contributed by atoms with Gasteiger partial charge in [-0.25, -0.2) is 28.6 Å². The van der Waals surface area contributed by atoms with Crippen LogP contribution in [0.3, 0.4) is 0 Å². The topological polar surface area (TPSA) is 233 Å². The second-order valence-electron chi connectivity index (χ2n) is 13.2. The number of benzene rings is 4. The van der Waals surface area contributed by atoms with Crippen molar-refractivity contribution in [1.29, 1.82) is 0 Å². The van der Waals surface area contributed by atoms with Crippen molar-refractivity contribution in [2.75, 3.05) is 13.2 Å². The number of nitro groups is 1. The fraction of sp³-hybridized carbons (Fsp3) is 0.182. The van der Waals surface area contributed by atoms with E-state index >= 15 is 0 Å². The van der Waals surface area contributed by atoms with Crippen molar-refractivity contribution in [3.63, 3.8) is 0 Å². The van der Waals surface area contributed by atoms with Gasteiger partial charge in [0.15, 0.2) is 24.6 Å². The molecule has 0 aliphatic heterocycles. The monoisotopic (exact) mass is 1010 g/mol. The van der Waals surface area contributed by atoms with E-state index < -0.39 is 76.4 Å². The van der Waals surface area contributed by atoms with Gasteiger partial charge in [-0.3, -0.25) is 15.1 Å². The van der Waals surface area contributed by atoms with Gasteiger partial charge in [0.05, 0.1) is 32.2 Å². The van der Waals surface area contributed by atoms with Crippen LogP contribution in [0.25, 0.3) is 10.9 Å². The number of pyridine rings is 2. The third kappa shape index (κ3) is 15.6. The number of nitro benzene ring substituents is 1. The fourth-order valence-corrected chi connectivity index (χ4v) is 5.70. The lowest BCUT2D eigenvalue weighted by Gasteiger charge is -2.13. The van der Waals surface area contributed by atoms with E-state index in [-0.39, 0.29) is 34.0 Å². The molecule has 0 bridgehead atoms. The van der Waals surface area contributed by atoms with Crippen LogP contribution in [0.4, 0.5) is 23.2 Å². The highest BCUT2D eigenvalue weighted by Gasteiger charge is 2.31. The van der Waals surface area contributed by atoms with E-state index in [4.69, 9.17) is 73.4 Å². The molecule has 1 unspecified atom stereocenters. The Morgan fingerprint density at radius 1 is 0.809 bits per heavy atom. The highest BCUT2D eigenvalue weighted by atomic mass is 35.5. The Bertz CT molecular complexity index is 2790. The predicted octanol–water partition coefficient (Wildman–Crippen LogP) is 11.0. The number of alkyl halides is 3. The van der Waals surface area contributed by atoms with Crippen LogP contribution in [0.1, 0.15) is 36.7 Å². The van der Waals surface area contributed by atoms with Gasteiger partial charge in [0.25, 0.3) is 11.6 Å². The summed E-state index contributed by atoms with van der Waals surface area (Å²) in [5.41, 5.74) is -1.60. The molecule has 6 aromatic rings. The van der Waals surface area contributed by atoms with E-state index in [0.717, 1.165) is 41.8 Å². The Labute approximate surface area is 396 Å². The molecular weight excluding hydrogens is 977 g/mol. The lowest BCUT2D eigenvalue weighted by Crippen LogP contribution is -2.26. The largest absolute Gasteiger partial charge is 0.480 e. The van der Waals surface area contributed by atoms with Crippen LogP contribution >= 0.6 is 34.8 Å². The van der Waals surface area contributed by atoms with E-state index in [1.165, 1.54) is 44.3 Å². The highest BCUT2D eigenvalue weighted by Crippen LogP contribution is 2.37. The molecule has 0 aliphatic carbocycles. The minimum Gasteiger partial charge on any atom is -0.480 e. The molecule has 24 heteroatoms. The molecular formula is C44H34Cl3F4N3O14. The van der Waals surface area contributed by atoms with Gasteiger partial charge in [-0.1, -0.05) is 34.8 Å². The fourth-order valence-electron chi connectivity index (χ4n) is 5.12. The molecule has 0 amide bonds. The zero-order valence-electron chi connectivity index (χ0n) is 35.2. The Balaban J connectivity index is 0.000000236. The smallest absolute Gasteiger partial charge is 0.416 e. The van der Waals surface area contributed by atoms with E-state index in [2.05, 4.69) is 9.97 Å². The minimum atomic E-state index is -4.61. The Kier molecular flexibility index (Phi) is 19.0. The molecule has 17 nitrogen and oxygen atoms in total. The summed E-state index contributed by atoms with van der Waals surface area (Å²) in [5, 5.41) is 29.6. The first-order valence-electron chi connectivity index (χ1n) is 19.1. The first kappa shape index (κ1) is 53.1. The molecule has 2 N–H and O–H groups in total. The van der Waals surface area contributed by atoms with Crippen molar-refractivity contribution >= 4 is 75.3 Å². The van der Waals surface area contributed by atoms with Gasteiger partial charge in [0, 0.05) is 29.9 Å². The molecule has 0 aliphatic rings. The molecule has 0 saturated heterocycles. The Morgan fingerprint density at radius 2 is 1.47 bits per heavy atom. The number of fused-ring (bicyclic) bond motifs is 1. The number of halogens is 7. The first-order valence-corrected chi connectivity index (χ1v) is 20.3. The number of aliphatic carboxylic acids is 2. The minimum absolute atomic E-state index is 0.0398. The molecule has 0 radical (unpaired) electrons. The summed E-state index contributed by atoms with van der Waals surface area (Å²) in [5.74, 6) is -4.22. The Morgan fingerprint density at radius 3 is 2.07 bits per heavy atom. The highest BCUT2D eigenvalue weighted by molar-refractivity contribution is 6.35. The quantitative estimate of drug-likeness (QED) is 0.0421. The maximum absolute atomic E-state index is 13.5. The molecule has 4 aromatic carbocycles. The maximum Gasteiger partial charge on any atom is 0.416 e. The molecule has 0 fully saturated rings. The molecule has 0 spiro atoms. The average Bonchev–Trinajstić information content (AvgIpc) is 3.28. The zero-order valence-corrected chi connectivity index (χ0v) is 37.4. The van der Waals surface area contributed by atoms with Crippen molar-refractivity contribution in [3.8, 4) is 34.6 Å². The number of carboxylic acid groups (broad SMARTS) is 2. The summed E-state index contributed by atoms with van der Waals surface area (Å²) in [4.78, 5) is 63.3. The number of rotatable bonds is 15. The van der Waals surface area contributed by atoms with E-state index in [1.54, 1.807) is 37.4 Å². The van der Waals surface area contributed by atoms with Gasteiger partial charge in [0.1, 0.15) is 39.8 Å². The van der Waals surface area contributed by atoms with Gasteiger partial charge in [-0.05, 0) is 99.6 Å². The summed E-state index contributed by atoms with van der Waals surface area (Å²) in [6, 6.07) is 19.4. The molecule has 2 atom stereocenters. The van der Waals surface area contributed by atoms with Crippen molar-refractivity contribution < 1.29 is 80.3 Å². The number of aromatic nitrogens is 2. The van der Waals surface area contributed by atoms with Crippen molar-refractivity contribution in [3.05, 3.63) is 146 Å². The van der Waals surface area contributed by atoms with Crippen molar-refractivity contribution in [2.45, 2.75) is 39.2 Å². The number of carboxylic acids is 2. The van der Waals surface area contributed by atoms with E-state index in [0.29, 0.717) is 33.9 Å². The predicted molar refractivity (Wildman–Crippen MR) is 234 cm³/mol. The third-order valence-electron chi connectivity index (χ3n) is 8.28. The van der Waals surface area contributed by atoms with Crippen molar-refractivity contribution in [1.82, 2.24) is 9.97 Å². The summed E-state index contributed by atoms with van der Waals surface area (Å²) in [6.45, 7) is 3.83. The third-order valence-corrected chi connectivity index (χ3v) is 9.11. The summed E-state index contributed by atoms with van der Waals surface area (Å²) in [6.07, 6.45) is -4.03. The Hall–Kier alpha value is -7.49. The van der Waals surface area contributed by atoms with Gasteiger partial charge in [0.2, 0.25) is 0 Å². The maximum atomic E-state index is 13.5. The number of carbonyl (C=O) groups excluding carboxylic acids is 2. The van der Waals surface area contributed by atoms with E-state index in [9.17, 15) is 46.9 Å². The van der Waals surface area contributed by atoms with Crippen molar-refractivity contribution in [2.24, 2.45) is 0 Å². The molecule has 6 rings (SSSR count). The number of hydrogen-bond acceptors (Lipinski definition) is 14. The average molecular weight is 1010 g/mol. The number of carbonyl (C=O) groups is 4. The summed E-state index contributed by atoms with van der Waals surface area (Å²) in [7, 11) is 0. The lowest BCUT2D eigenvalue weighted by atomic mass is 10.1. The zero-order chi connectivity index (χ0) is 50.3. The number of hydrogen-bond donors (Lipinski definition) is 2. The molecule has 0 saturated carbocycles.